The zero-order valence-corrected chi connectivity index (χ0v) is 16.2. The molecular weight excluding hydrogens is 432 g/mol. The van der Waals surface area contributed by atoms with Gasteiger partial charge in [0, 0.05) is 42.1 Å². The Morgan fingerprint density at radius 2 is 0.682 bits per heavy atom. The van der Waals surface area contributed by atoms with Gasteiger partial charge in [-0.15, -0.1) is 0 Å². The standard InChI is InChI=1S/C10H8.2C5H5.2Mo/c1-2-6-9(5-1)10-7-3-4-8-10;2*1-2-4-5-3-1;;/h1-8H;2*1-5H;;/q-2;2*-1;;. The van der Waals surface area contributed by atoms with Gasteiger partial charge >= 0.3 is 0 Å². The topological polar surface area (TPSA) is 0 Å². The van der Waals surface area contributed by atoms with E-state index in [4.69, 9.17) is 0 Å². The molecule has 0 aliphatic carbocycles. The smallest absolute Gasteiger partial charge is 0 e. The number of rotatable bonds is 1. The molecule has 22 heavy (non-hydrogen) atoms. The largest absolute Gasteiger partial charge is 0.214 e. The third-order valence-corrected chi connectivity index (χ3v) is 2.77. The number of hydrogen-bond acceptors (Lipinski definition) is 0. The van der Waals surface area contributed by atoms with E-state index in [1.54, 1.807) is 0 Å². The molecule has 114 valence electrons. The maximum absolute atomic E-state index is 2.12. The normalized spacial score (nSPS) is 8.18. The van der Waals surface area contributed by atoms with Crippen LogP contribution in [0.25, 0.3) is 11.1 Å². The van der Waals surface area contributed by atoms with Crippen LogP contribution in [-0.2, 0) is 42.1 Å². The molecule has 0 saturated carbocycles. The molecular formula is C20H18Mo2-4. The molecule has 4 aromatic rings. The fourth-order valence-corrected chi connectivity index (χ4v) is 1.77. The van der Waals surface area contributed by atoms with Gasteiger partial charge in [0.1, 0.15) is 0 Å². The van der Waals surface area contributed by atoms with Crippen molar-refractivity contribution in [2.75, 3.05) is 0 Å². The summed E-state index contributed by atoms with van der Waals surface area (Å²) in [6.45, 7) is 0. The van der Waals surface area contributed by atoms with Gasteiger partial charge in [0.2, 0.25) is 0 Å². The summed E-state index contributed by atoms with van der Waals surface area (Å²) in [4.78, 5) is 0. The van der Waals surface area contributed by atoms with Crippen LogP contribution in [0, 0.1) is 0 Å². The summed E-state index contributed by atoms with van der Waals surface area (Å²) in [5.74, 6) is 0. The molecule has 0 aliphatic rings. The summed E-state index contributed by atoms with van der Waals surface area (Å²) >= 11 is 0. The molecule has 0 radical (unpaired) electrons. The van der Waals surface area contributed by atoms with E-state index >= 15 is 0 Å². The summed E-state index contributed by atoms with van der Waals surface area (Å²) in [7, 11) is 0. The van der Waals surface area contributed by atoms with Crippen LogP contribution >= 0.6 is 0 Å². The van der Waals surface area contributed by atoms with Crippen LogP contribution in [0.3, 0.4) is 0 Å². The zero-order chi connectivity index (χ0) is 13.9. The molecule has 0 atom stereocenters. The number of hydrogen-bond donors (Lipinski definition) is 0. The van der Waals surface area contributed by atoms with Gasteiger partial charge in [-0.05, 0) is 0 Å². The first-order chi connectivity index (χ1) is 9.97. The molecule has 0 aliphatic heterocycles. The quantitative estimate of drug-likeness (QED) is 0.262. The van der Waals surface area contributed by atoms with Gasteiger partial charge in [-0.2, -0.15) is 96.1 Å². The van der Waals surface area contributed by atoms with Crippen LogP contribution in [0.15, 0.2) is 109 Å². The van der Waals surface area contributed by atoms with Crippen molar-refractivity contribution >= 4 is 0 Å². The van der Waals surface area contributed by atoms with Crippen molar-refractivity contribution in [3.63, 3.8) is 0 Å². The van der Waals surface area contributed by atoms with E-state index < -0.39 is 0 Å². The third-order valence-electron chi connectivity index (χ3n) is 2.77. The molecule has 0 heterocycles. The van der Waals surface area contributed by atoms with E-state index in [1.165, 1.54) is 11.1 Å². The first kappa shape index (κ1) is 20.8. The summed E-state index contributed by atoms with van der Waals surface area (Å²) < 4.78 is 0. The zero-order valence-electron chi connectivity index (χ0n) is 12.2. The first-order valence-electron chi connectivity index (χ1n) is 6.74. The minimum Gasteiger partial charge on any atom is -0.214 e. The molecule has 0 saturated heterocycles. The van der Waals surface area contributed by atoms with Crippen LogP contribution in [0.1, 0.15) is 0 Å². The van der Waals surface area contributed by atoms with Crippen molar-refractivity contribution in [3.05, 3.63) is 109 Å². The van der Waals surface area contributed by atoms with Crippen LogP contribution in [-0.4, -0.2) is 0 Å². The molecule has 0 unspecified atom stereocenters. The Balaban J connectivity index is 0.000000316. The molecule has 0 nitrogen and oxygen atoms in total. The Bertz CT molecular complexity index is 505. The molecule has 0 N–H and O–H groups in total. The minimum absolute atomic E-state index is 0. The maximum atomic E-state index is 2.12. The van der Waals surface area contributed by atoms with E-state index in [-0.39, 0.29) is 42.1 Å². The molecule has 4 rings (SSSR count). The van der Waals surface area contributed by atoms with Gasteiger partial charge in [0.05, 0.1) is 0 Å². The van der Waals surface area contributed by atoms with Gasteiger partial charge < -0.3 is 0 Å². The van der Waals surface area contributed by atoms with Gasteiger partial charge in [0.25, 0.3) is 0 Å². The Morgan fingerprint density at radius 3 is 0.864 bits per heavy atom. The fourth-order valence-electron chi connectivity index (χ4n) is 1.77. The summed E-state index contributed by atoms with van der Waals surface area (Å²) in [6.07, 6.45) is 0. The molecule has 0 aromatic heterocycles. The Hall–Kier alpha value is -1.22. The average Bonchev–Trinajstić information content (AvgIpc) is 3.35. The van der Waals surface area contributed by atoms with Gasteiger partial charge in [-0.25, -0.2) is 24.3 Å². The monoisotopic (exact) mass is 454 g/mol. The van der Waals surface area contributed by atoms with Crippen LogP contribution in [0.2, 0.25) is 0 Å². The molecule has 0 fully saturated rings. The molecule has 2 heteroatoms. The van der Waals surface area contributed by atoms with Crippen molar-refractivity contribution in [2.45, 2.75) is 0 Å². The van der Waals surface area contributed by atoms with Crippen molar-refractivity contribution in [1.82, 2.24) is 0 Å². The second-order valence-electron chi connectivity index (χ2n) is 4.27. The predicted molar refractivity (Wildman–Crippen MR) is 87.1 cm³/mol. The van der Waals surface area contributed by atoms with E-state index in [9.17, 15) is 0 Å². The van der Waals surface area contributed by atoms with Gasteiger partial charge in [-0.1, -0.05) is 0 Å². The Morgan fingerprint density at radius 1 is 0.409 bits per heavy atom. The summed E-state index contributed by atoms with van der Waals surface area (Å²) in [5, 5.41) is 0. The van der Waals surface area contributed by atoms with Crippen LogP contribution in [0.5, 0.6) is 0 Å². The predicted octanol–water partition coefficient (Wildman–Crippen LogP) is 5.60. The molecule has 0 amide bonds. The van der Waals surface area contributed by atoms with Gasteiger partial charge in [0.15, 0.2) is 0 Å². The molecule has 4 aromatic carbocycles. The van der Waals surface area contributed by atoms with Gasteiger partial charge in [-0.3, -0.25) is 0 Å². The third kappa shape index (κ3) is 8.28. The van der Waals surface area contributed by atoms with E-state index in [0.29, 0.717) is 0 Å². The van der Waals surface area contributed by atoms with Crippen LogP contribution in [0.4, 0.5) is 0 Å². The summed E-state index contributed by atoms with van der Waals surface area (Å²) in [6, 6.07) is 36.7. The van der Waals surface area contributed by atoms with Crippen molar-refractivity contribution < 1.29 is 42.1 Å². The molecule has 0 bridgehead atoms. The van der Waals surface area contributed by atoms with E-state index in [1.807, 2.05) is 60.7 Å². The first-order valence-corrected chi connectivity index (χ1v) is 6.74. The fraction of sp³-hybridized carbons (Fsp3) is 0. The van der Waals surface area contributed by atoms with E-state index in [2.05, 4.69) is 48.5 Å². The molecule has 0 spiro atoms. The maximum Gasteiger partial charge on any atom is 0 e. The van der Waals surface area contributed by atoms with E-state index in [0.717, 1.165) is 0 Å². The Kier molecular flexibility index (Phi) is 12.7. The second-order valence-corrected chi connectivity index (χ2v) is 4.27. The minimum atomic E-state index is 0. The average molecular weight is 450 g/mol. The van der Waals surface area contributed by atoms with Crippen molar-refractivity contribution in [1.29, 1.82) is 0 Å². The summed E-state index contributed by atoms with van der Waals surface area (Å²) in [5.41, 5.74) is 2.62. The van der Waals surface area contributed by atoms with Crippen LogP contribution < -0.4 is 0 Å². The SMILES string of the molecule is [Mo].[Mo].c1cc[c-](-[c-]2cccc2)c1.c1cc[cH-]c1.c1cc[cH-]c1. The van der Waals surface area contributed by atoms with Crippen molar-refractivity contribution in [2.24, 2.45) is 0 Å². The second kappa shape index (κ2) is 13.4. The Labute approximate surface area is 161 Å². The van der Waals surface area contributed by atoms with Crippen molar-refractivity contribution in [3.8, 4) is 11.1 Å².